The van der Waals surface area contributed by atoms with Gasteiger partial charge in [-0.15, -0.1) is 0 Å². The Labute approximate surface area is 237 Å². The van der Waals surface area contributed by atoms with Gasteiger partial charge in [-0.25, -0.2) is 0 Å². The molecule has 0 nitrogen and oxygen atoms in total. The van der Waals surface area contributed by atoms with Crippen molar-refractivity contribution >= 4 is 21.5 Å². The quantitative estimate of drug-likeness (QED) is 0.205. The van der Waals surface area contributed by atoms with Crippen molar-refractivity contribution in [2.45, 2.75) is 50.9 Å². The zero-order chi connectivity index (χ0) is 27.2. The molecule has 0 bridgehead atoms. The molecule has 8 rings (SSSR count). The van der Waals surface area contributed by atoms with Gasteiger partial charge >= 0.3 is 0 Å². The molecule has 0 heterocycles. The number of benzene rings is 6. The lowest BCUT2D eigenvalue weighted by molar-refractivity contribution is 0.619. The van der Waals surface area contributed by atoms with Crippen LogP contribution >= 0.6 is 0 Å². The van der Waals surface area contributed by atoms with Crippen LogP contribution in [0.25, 0.3) is 32.7 Å². The average Bonchev–Trinajstić information content (AvgIpc) is 2.98. The lowest BCUT2D eigenvalue weighted by Gasteiger charge is -2.43. The van der Waals surface area contributed by atoms with Crippen molar-refractivity contribution in [2.24, 2.45) is 0 Å². The largest absolute Gasteiger partial charge is 0.0622 e. The highest BCUT2D eigenvalue weighted by atomic mass is 14.5. The molecule has 0 saturated carbocycles. The van der Waals surface area contributed by atoms with Gasteiger partial charge in [0.1, 0.15) is 0 Å². The summed E-state index contributed by atoms with van der Waals surface area (Å²) in [5.41, 5.74) is 12.9. The molecule has 0 aromatic heterocycles. The molecule has 0 N–H and O–H groups in total. The second-order valence-corrected chi connectivity index (χ2v) is 12.9. The van der Waals surface area contributed by atoms with Crippen LogP contribution in [0.3, 0.4) is 0 Å². The van der Waals surface area contributed by atoms with Crippen LogP contribution in [0.1, 0.15) is 72.6 Å². The molecule has 194 valence electrons. The first-order valence-corrected chi connectivity index (χ1v) is 14.6. The van der Waals surface area contributed by atoms with E-state index in [4.69, 9.17) is 0 Å². The fraction of sp³-hybridized carbons (Fsp3) is 0.200. The van der Waals surface area contributed by atoms with Crippen molar-refractivity contribution in [3.05, 3.63) is 154 Å². The summed E-state index contributed by atoms with van der Waals surface area (Å²) in [5.74, 6) is 0.279. The Morgan fingerprint density at radius 2 is 0.875 bits per heavy atom. The summed E-state index contributed by atoms with van der Waals surface area (Å²) in [6.45, 7) is 9.70. The third-order valence-corrected chi connectivity index (χ3v) is 10.1. The van der Waals surface area contributed by atoms with Crippen molar-refractivity contribution < 1.29 is 0 Å². The van der Waals surface area contributed by atoms with Crippen LogP contribution in [0.4, 0.5) is 0 Å². The Balaban J connectivity index is 1.53. The molecule has 0 aliphatic heterocycles. The first-order chi connectivity index (χ1) is 19.4. The Bertz CT molecular complexity index is 1820. The minimum absolute atomic E-state index is 0.0660. The number of hydrogen-bond donors (Lipinski definition) is 0. The molecule has 2 aliphatic carbocycles. The average molecular weight is 515 g/mol. The van der Waals surface area contributed by atoms with Gasteiger partial charge in [-0.1, -0.05) is 143 Å². The van der Waals surface area contributed by atoms with E-state index in [1.165, 1.54) is 71.6 Å². The fourth-order valence-electron chi connectivity index (χ4n) is 8.08. The lowest BCUT2D eigenvalue weighted by atomic mass is 9.59. The zero-order valence-electron chi connectivity index (χ0n) is 23.8. The van der Waals surface area contributed by atoms with E-state index in [9.17, 15) is 0 Å². The predicted molar refractivity (Wildman–Crippen MR) is 170 cm³/mol. The van der Waals surface area contributed by atoms with Gasteiger partial charge < -0.3 is 0 Å². The van der Waals surface area contributed by atoms with Gasteiger partial charge in [-0.2, -0.15) is 0 Å². The van der Waals surface area contributed by atoms with E-state index in [0.717, 1.165) is 6.42 Å². The van der Waals surface area contributed by atoms with E-state index in [0.29, 0.717) is 0 Å². The molecule has 0 radical (unpaired) electrons. The predicted octanol–water partition coefficient (Wildman–Crippen LogP) is 10.3. The molecule has 0 spiro atoms. The fourth-order valence-corrected chi connectivity index (χ4v) is 8.08. The van der Waals surface area contributed by atoms with Crippen LogP contribution in [0.15, 0.2) is 115 Å². The maximum absolute atomic E-state index is 2.43. The molecule has 0 atom stereocenters. The molecule has 6 aromatic rings. The smallest absolute Gasteiger partial charge is 0.0159 e. The first-order valence-electron chi connectivity index (χ1n) is 14.6. The van der Waals surface area contributed by atoms with Crippen molar-refractivity contribution in [3.63, 3.8) is 0 Å². The van der Waals surface area contributed by atoms with Gasteiger partial charge in [0.2, 0.25) is 0 Å². The van der Waals surface area contributed by atoms with Crippen LogP contribution in [-0.2, 0) is 17.3 Å². The molecule has 6 aromatic carbocycles. The standard InChI is InChI=1S/C40H34/c1-39(2)31-20-11-18-27-30(24-29(25-14-7-5-8-15-25)26-16-9-6-10-17-26)28-19-12-21-32-36(28)38(35(27)31)37-33(39)22-13-23-34(37)40(32,3)4/h5-23,29H,24H2,1-4H3. The summed E-state index contributed by atoms with van der Waals surface area (Å²) in [6.07, 6.45) is 0.962. The van der Waals surface area contributed by atoms with Gasteiger partial charge in [-0.05, 0) is 78.0 Å². The molecular formula is C40H34. The molecule has 0 unspecified atom stereocenters. The second-order valence-electron chi connectivity index (χ2n) is 12.9. The van der Waals surface area contributed by atoms with Gasteiger partial charge in [0, 0.05) is 16.7 Å². The second kappa shape index (κ2) is 8.18. The Morgan fingerprint density at radius 3 is 1.35 bits per heavy atom. The molecule has 2 aliphatic rings. The molecule has 0 heteroatoms. The number of hydrogen-bond acceptors (Lipinski definition) is 0. The molecule has 0 amide bonds. The highest BCUT2D eigenvalue weighted by Gasteiger charge is 2.42. The maximum atomic E-state index is 2.43. The van der Waals surface area contributed by atoms with Gasteiger partial charge in [0.15, 0.2) is 0 Å². The summed E-state index contributed by atoms with van der Waals surface area (Å²) in [7, 11) is 0. The summed E-state index contributed by atoms with van der Waals surface area (Å²) in [5, 5.41) is 5.78. The van der Waals surface area contributed by atoms with Gasteiger partial charge in [-0.3, -0.25) is 0 Å². The van der Waals surface area contributed by atoms with E-state index in [1.54, 1.807) is 0 Å². The van der Waals surface area contributed by atoms with Crippen molar-refractivity contribution in [1.82, 2.24) is 0 Å². The molecule has 0 fully saturated rings. The first kappa shape index (κ1) is 23.7. The van der Waals surface area contributed by atoms with Crippen LogP contribution in [0, 0.1) is 0 Å². The topological polar surface area (TPSA) is 0 Å². The van der Waals surface area contributed by atoms with E-state index < -0.39 is 0 Å². The van der Waals surface area contributed by atoms with E-state index >= 15 is 0 Å². The minimum Gasteiger partial charge on any atom is -0.0622 e. The summed E-state index contributed by atoms with van der Waals surface area (Å²) in [4.78, 5) is 0. The highest BCUT2D eigenvalue weighted by Crippen LogP contribution is 2.59. The Hall–Kier alpha value is -4.16. The Kier molecular flexibility index (Phi) is 4.85. The molecule has 0 saturated heterocycles. The van der Waals surface area contributed by atoms with Crippen molar-refractivity contribution in [2.75, 3.05) is 0 Å². The summed E-state index contributed by atoms with van der Waals surface area (Å²) < 4.78 is 0. The van der Waals surface area contributed by atoms with E-state index in [-0.39, 0.29) is 16.7 Å². The van der Waals surface area contributed by atoms with Crippen LogP contribution in [0.2, 0.25) is 0 Å². The van der Waals surface area contributed by atoms with E-state index in [2.05, 4.69) is 143 Å². The van der Waals surface area contributed by atoms with Gasteiger partial charge in [0.05, 0.1) is 0 Å². The Morgan fingerprint density at radius 1 is 0.450 bits per heavy atom. The van der Waals surface area contributed by atoms with Crippen molar-refractivity contribution in [3.8, 4) is 11.1 Å². The third kappa shape index (κ3) is 3.02. The normalized spacial score (nSPS) is 15.7. The van der Waals surface area contributed by atoms with Gasteiger partial charge in [0.25, 0.3) is 0 Å². The maximum Gasteiger partial charge on any atom is 0.0159 e. The van der Waals surface area contributed by atoms with Crippen molar-refractivity contribution in [1.29, 1.82) is 0 Å². The number of rotatable bonds is 4. The molecular weight excluding hydrogens is 480 g/mol. The monoisotopic (exact) mass is 514 g/mol. The van der Waals surface area contributed by atoms with Crippen LogP contribution in [0.5, 0.6) is 0 Å². The highest BCUT2D eigenvalue weighted by molar-refractivity contribution is 6.21. The lowest BCUT2D eigenvalue weighted by Crippen LogP contribution is -2.31. The summed E-state index contributed by atoms with van der Waals surface area (Å²) in [6, 6.07) is 43.4. The zero-order valence-corrected chi connectivity index (χ0v) is 23.8. The minimum atomic E-state index is -0.0660. The van der Waals surface area contributed by atoms with Crippen LogP contribution in [-0.4, -0.2) is 0 Å². The van der Waals surface area contributed by atoms with Crippen LogP contribution < -0.4 is 0 Å². The molecule has 40 heavy (non-hydrogen) atoms. The third-order valence-electron chi connectivity index (χ3n) is 10.1. The van der Waals surface area contributed by atoms with E-state index in [1.807, 2.05) is 0 Å². The summed E-state index contributed by atoms with van der Waals surface area (Å²) >= 11 is 0. The SMILES string of the molecule is CC1(C)c2cccc3c2-c2c4c1cccc4c(CC(c1ccccc1)c1ccccc1)c1cccc(c21)C3(C)C.